The number of fused-ring (bicyclic) bond motifs is 1. The standard InChI is InChI=1S/C40H45N11O5S.ClH/c1-2-25-20-44-51(22-25)33-19-32(35(52)36(33)53)50-24-43-34-37(42-21-31(26-9-5-3-6-10-26)27-11-7-4-8-12-27)47-39(48-38(34)50)49-18-17-29(23-49)46-40(54)45-28-13-15-30(16-14-28)57(41,55)56;/h3-16,20,22,24,29,31-33,35-36,52-53H,2,17-19,21,23H2,1H3,(H2,41,55,56)(H,42,47,48)(H2,45,46,54);1H/t29?,32-,33+,35+,36-;/m1./s1. The predicted molar refractivity (Wildman–Crippen MR) is 223 cm³/mol. The van der Waals surface area contributed by atoms with Crippen LogP contribution >= 0.6 is 12.4 Å². The van der Waals surface area contributed by atoms with E-state index in [0.29, 0.717) is 61.1 Å². The van der Waals surface area contributed by atoms with Crippen molar-refractivity contribution in [2.45, 2.75) is 67.3 Å². The number of primary sulfonamides is 1. The van der Waals surface area contributed by atoms with Gasteiger partial charge in [-0.1, -0.05) is 67.6 Å². The van der Waals surface area contributed by atoms with Crippen LogP contribution in [0.5, 0.6) is 0 Å². The van der Waals surface area contributed by atoms with E-state index in [0.717, 1.165) is 23.1 Å². The van der Waals surface area contributed by atoms with E-state index in [1.807, 2.05) is 59.0 Å². The number of nitrogens with one attached hydrogen (secondary N) is 3. The van der Waals surface area contributed by atoms with Crippen LogP contribution < -0.4 is 26.0 Å². The first kappa shape index (κ1) is 40.6. The fraction of sp³-hybridized carbons (Fsp3) is 0.325. The molecule has 6 aromatic rings. The summed E-state index contributed by atoms with van der Waals surface area (Å²) in [6, 6.07) is 24.4. The van der Waals surface area contributed by atoms with Crippen LogP contribution in [0.4, 0.5) is 22.2 Å². The Morgan fingerprint density at radius 1 is 0.948 bits per heavy atom. The molecule has 0 spiro atoms. The fourth-order valence-electron chi connectivity index (χ4n) is 7.82. The topological polar surface area (TPSA) is 218 Å². The smallest absolute Gasteiger partial charge is 0.319 e. The van der Waals surface area contributed by atoms with E-state index in [4.69, 9.17) is 20.1 Å². The Bertz CT molecular complexity index is 2410. The molecule has 2 aliphatic rings. The van der Waals surface area contributed by atoms with Crippen LogP contribution in [0.25, 0.3) is 11.2 Å². The second-order valence-corrected chi connectivity index (χ2v) is 16.1. The largest absolute Gasteiger partial charge is 0.388 e. The van der Waals surface area contributed by atoms with Gasteiger partial charge in [0.2, 0.25) is 16.0 Å². The number of aliphatic hydroxyl groups is 2. The van der Waals surface area contributed by atoms with Gasteiger partial charge in [-0.25, -0.2) is 23.3 Å². The summed E-state index contributed by atoms with van der Waals surface area (Å²) in [6.45, 7) is 3.51. The van der Waals surface area contributed by atoms with Gasteiger partial charge in [0.05, 0.1) is 29.5 Å². The van der Waals surface area contributed by atoms with Crippen LogP contribution in [-0.4, -0.2) is 91.8 Å². The van der Waals surface area contributed by atoms with Gasteiger partial charge in [-0.15, -0.1) is 12.4 Å². The lowest BCUT2D eigenvalue weighted by Crippen LogP contribution is -2.40. The van der Waals surface area contributed by atoms with Gasteiger partial charge in [0.15, 0.2) is 17.0 Å². The SMILES string of the molecule is CCc1cnn([C@H]2C[C@@H](n3cnc4c(NCC(c5ccccc5)c5ccccc5)nc(N5CCC(NC(=O)Nc6ccc(S(N)(=O)=O)cc6)C5)nc43)[C@H](O)[C@@H]2O)c1.Cl. The summed E-state index contributed by atoms with van der Waals surface area (Å²) in [5.41, 5.74) is 4.76. The van der Waals surface area contributed by atoms with E-state index >= 15 is 0 Å². The van der Waals surface area contributed by atoms with E-state index in [1.54, 1.807) is 17.2 Å². The molecule has 8 rings (SSSR count). The van der Waals surface area contributed by atoms with Crippen molar-refractivity contribution in [1.29, 1.82) is 0 Å². The number of aromatic nitrogens is 6. The molecule has 2 fully saturated rings. The average Bonchev–Trinajstić information content (AvgIpc) is 4.03. The lowest BCUT2D eigenvalue weighted by atomic mass is 9.91. The molecule has 2 amide bonds. The molecule has 1 unspecified atom stereocenters. The molecule has 58 heavy (non-hydrogen) atoms. The molecule has 1 aliphatic heterocycles. The summed E-state index contributed by atoms with van der Waals surface area (Å²) < 4.78 is 26.8. The van der Waals surface area contributed by atoms with Gasteiger partial charge in [-0.2, -0.15) is 15.1 Å². The first-order valence-electron chi connectivity index (χ1n) is 19.0. The Labute approximate surface area is 342 Å². The fourth-order valence-corrected chi connectivity index (χ4v) is 8.33. The zero-order chi connectivity index (χ0) is 39.7. The molecule has 1 saturated carbocycles. The molecule has 3 aromatic carbocycles. The summed E-state index contributed by atoms with van der Waals surface area (Å²) in [4.78, 5) is 29.7. The van der Waals surface area contributed by atoms with Gasteiger partial charge in [-0.3, -0.25) is 4.68 Å². The number of anilines is 3. The van der Waals surface area contributed by atoms with Crippen LogP contribution in [-0.2, 0) is 16.4 Å². The van der Waals surface area contributed by atoms with Crippen LogP contribution in [0, 0.1) is 0 Å². The van der Waals surface area contributed by atoms with Crippen molar-refractivity contribution in [3.8, 4) is 0 Å². The minimum absolute atomic E-state index is 0. The van der Waals surface area contributed by atoms with Gasteiger partial charge in [0.1, 0.15) is 12.2 Å². The third-order valence-electron chi connectivity index (χ3n) is 10.9. The zero-order valence-corrected chi connectivity index (χ0v) is 33.3. The Kier molecular flexibility index (Phi) is 12.0. The number of rotatable bonds is 12. The second-order valence-electron chi connectivity index (χ2n) is 14.6. The molecular weight excluding hydrogens is 782 g/mol. The van der Waals surface area contributed by atoms with E-state index in [-0.39, 0.29) is 29.3 Å². The summed E-state index contributed by atoms with van der Waals surface area (Å²) >= 11 is 0. The number of aryl methyl sites for hydroxylation is 1. The molecule has 304 valence electrons. The highest BCUT2D eigenvalue weighted by Crippen LogP contribution is 2.40. The van der Waals surface area contributed by atoms with Crippen molar-refractivity contribution in [2.24, 2.45) is 5.14 Å². The number of sulfonamides is 1. The van der Waals surface area contributed by atoms with Gasteiger partial charge in [0, 0.05) is 43.5 Å². The molecule has 16 nitrogen and oxygen atoms in total. The molecule has 0 radical (unpaired) electrons. The maximum atomic E-state index is 13.0. The third-order valence-corrected chi connectivity index (χ3v) is 11.8. The first-order chi connectivity index (χ1) is 27.6. The Hall–Kier alpha value is -5.59. The molecule has 5 atom stereocenters. The quantitative estimate of drug-likeness (QED) is 0.103. The molecule has 0 bridgehead atoms. The monoisotopic (exact) mass is 827 g/mol. The zero-order valence-electron chi connectivity index (χ0n) is 31.7. The van der Waals surface area contributed by atoms with Crippen molar-refractivity contribution in [2.75, 3.05) is 35.2 Å². The molecule has 1 saturated heterocycles. The van der Waals surface area contributed by atoms with Crippen LogP contribution in [0.2, 0.25) is 0 Å². The highest BCUT2D eigenvalue weighted by atomic mass is 35.5. The Morgan fingerprint density at radius 3 is 2.26 bits per heavy atom. The predicted octanol–water partition coefficient (Wildman–Crippen LogP) is 4.21. The molecule has 18 heteroatoms. The number of urea groups is 1. The highest BCUT2D eigenvalue weighted by molar-refractivity contribution is 7.89. The highest BCUT2D eigenvalue weighted by Gasteiger charge is 2.44. The van der Waals surface area contributed by atoms with Crippen molar-refractivity contribution in [3.63, 3.8) is 0 Å². The number of carbonyl (C=O) groups is 1. The van der Waals surface area contributed by atoms with E-state index in [1.165, 1.54) is 24.3 Å². The number of aliphatic hydroxyl groups excluding tert-OH is 2. The number of amides is 2. The minimum atomic E-state index is -3.86. The third kappa shape index (κ3) is 8.49. The van der Waals surface area contributed by atoms with E-state index < -0.39 is 40.3 Å². The number of hydrogen-bond donors (Lipinski definition) is 6. The van der Waals surface area contributed by atoms with Gasteiger partial charge in [0.25, 0.3) is 0 Å². The van der Waals surface area contributed by atoms with Crippen LogP contribution in [0.15, 0.2) is 109 Å². The van der Waals surface area contributed by atoms with Crippen molar-refractivity contribution in [3.05, 3.63) is 120 Å². The summed E-state index contributed by atoms with van der Waals surface area (Å²) in [7, 11) is -3.86. The van der Waals surface area contributed by atoms with Gasteiger partial charge < -0.3 is 35.6 Å². The van der Waals surface area contributed by atoms with Crippen molar-refractivity contribution < 1.29 is 23.4 Å². The molecule has 3 aromatic heterocycles. The Morgan fingerprint density at radius 2 is 1.62 bits per heavy atom. The normalized spacial score (nSPS) is 20.6. The van der Waals surface area contributed by atoms with Crippen LogP contribution in [0.1, 0.15) is 54.5 Å². The molecule has 1 aliphatic carbocycles. The van der Waals surface area contributed by atoms with E-state index in [2.05, 4.69) is 45.3 Å². The maximum Gasteiger partial charge on any atom is 0.319 e. The number of halogens is 1. The lowest BCUT2D eigenvalue weighted by molar-refractivity contribution is 0.00721. The Balaban J connectivity index is 0.00000512. The molecule has 4 heterocycles. The summed E-state index contributed by atoms with van der Waals surface area (Å²) in [5.74, 6) is 0.939. The molecule has 7 N–H and O–H groups in total. The van der Waals surface area contributed by atoms with Crippen molar-refractivity contribution in [1.82, 2.24) is 34.6 Å². The number of nitrogens with zero attached hydrogens (tertiary/aromatic N) is 7. The van der Waals surface area contributed by atoms with Gasteiger partial charge in [-0.05, 0) is 60.2 Å². The lowest BCUT2D eigenvalue weighted by Gasteiger charge is -2.22. The number of hydrogen-bond acceptors (Lipinski definition) is 11. The van der Waals surface area contributed by atoms with Crippen LogP contribution in [0.3, 0.4) is 0 Å². The van der Waals surface area contributed by atoms with E-state index in [9.17, 15) is 23.4 Å². The number of benzene rings is 3. The summed E-state index contributed by atoms with van der Waals surface area (Å²) in [5, 5.41) is 41.7. The number of carbonyl (C=O) groups excluding carboxylic acids is 1. The average molecular weight is 828 g/mol. The summed E-state index contributed by atoms with van der Waals surface area (Å²) in [6.07, 6.45) is 5.01. The maximum absolute atomic E-state index is 13.0. The second kappa shape index (κ2) is 17.1. The number of imidazole rings is 1. The van der Waals surface area contributed by atoms with Gasteiger partial charge >= 0.3 is 6.03 Å². The number of nitrogens with two attached hydrogens (primary N) is 1. The van der Waals surface area contributed by atoms with Crippen molar-refractivity contribution >= 4 is 57.1 Å². The molecular formula is C40H46ClN11O5S. The first-order valence-corrected chi connectivity index (χ1v) is 20.5. The minimum Gasteiger partial charge on any atom is -0.388 e.